The second-order valence-corrected chi connectivity index (χ2v) is 3.44. The zero-order valence-electron chi connectivity index (χ0n) is 7.57. The molecule has 2 aromatic rings. The zero-order valence-corrected chi connectivity index (χ0v) is 9.15. The van der Waals surface area contributed by atoms with Crippen LogP contribution in [0.3, 0.4) is 0 Å². The van der Waals surface area contributed by atoms with Crippen molar-refractivity contribution in [1.29, 1.82) is 0 Å². The molecule has 0 aliphatic rings. The standard InChI is InChI=1S/C10H6BrNO3/c11-4-7(14)6-2-1-3-8-10(6)12-9(5-13)15-8/h1-3,5H,4H2. The number of fused-ring (bicyclic) bond motifs is 1. The summed E-state index contributed by atoms with van der Waals surface area (Å²) in [7, 11) is 0. The molecule has 0 bridgehead atoms. The zero-order chi connectivity index (χ0) is 10.8. The minimum atomic E-state index is -0.0913. The first kappa shape index (κ1) is 10.0. The summed E-state index contributed by atoms with van der Waals surface area (Å²) in [6.45, 7) is 0. The smallest absolute Gasteiger partial charge is 0.260 e. The number of hydrogen-bond donors (Lipinski definition) is 0. The number of carbonyl (C=O) groups excluding carboxylic acids is 2. The number of benzene rings is 1. The Morgan fingerprint density at radius 3 is 3.00 bits per heavy atom. The van der Waals surface area contributed by atoms with Crippen molar-refractivity contribution >= 4 is 39.1 Å². The highest BCUT2D eigenvalue weighted by atomic mass is 79.9. The lowest BCUT2D eigenvalue weighted by atomic mass is 10.1. The number of ketones is 1. The van der Waals surface area contributed by atoms with Gasteiger partial charge in [0.15, 0.2) is 11.4 Å². The van der Waals surface area contributed by atoms with Crippen molar-refractivity contribution in [1.82, 2.24) is 4.98 Å². The topological polar surface area (TPSA) is 60.2 Å². The van der Waals surface area contributed by atoms with Crippen molar-refractivity contribution in [2.75, 3.05) is 5.33 Å². The normalized spacial score (nSPS) is 10.5. The van der Waals surface area contributed by atoms with Gasteiger partial charge in [-0.1, -0.05) is 22.0 Å². The first-order chi connectivity index (χ1) is 7.26. The number of carbonyl (C=O) groups is 2. The molecule has 0 aliphatic heterocycles. The third kappa shape index (κ3) is 1.70. The Labute approximate surface area is 93.4 Å². The number of rotatable bonds is 3. The van der Waals surface area contributed by atoms with E-state index in [-0.39, 0.29) is 17.0 Å². The Kier molecular flexibility index (Phi) is 2.64. The van der Waals surface area contributed by atoms with Crippen LogP contribution in [0.1, 0.15) is 21.0 Å². The third-order valence-electron chi connectivity index (χ3n) is 1.96. The molecule has 1 heterocycles. The van der Waals surface area contributed by atoms with E-state index in [1.54, 1.807) is 18.2 Å². The summed E-state index contributed by atoms with van der Waals surface area (Å²) in [5.74, 6) is -0.105. The quantitative estimate of drug-likeness (QED) is 0.486. The van der Waals surface area contributed by atoms with E-state index < -0.39 is 0 Å². The number of nitrogens with zero attached hydrogens (tertiary/aromatic N) is 1. The number of Topliss-reactive ketones (excluding diaryl/α,β-unsaturated/α-hetero) is 1. The predicted molar refractivity (Wildman–Crippen MR) is 57.5 cm³/mol. The molecule has 0 saturated heterocycles. The number of para-hydroxylation sites is 1. The maximum atomic E-state index is 11.5. The molecule has 15 heavy (non-hydrogen) atoms. The number of alkyl halides is 1. The van der Waals surface area contributed by atoms with Crippen LogP contribution in [-0.4, -0.2) is 22.4 Å². The molecule has 2 rings (SSSR count). The maximum Gasteiger partial charge on any atom is 0.260 e. The van der Waals surface area contributed by atoms with Gasteiger partial charge in [0.1, 0.15) is 5.52 Å². The van der Waals surface area contributed by atoms with Gasteiger partial charge in [-0.05, 0) is 12.1 Å². The molecule has 0 saturated carbocycles. The number of halogens is 1. The monoisotopic (exact) mass is 267 g/mol. The fraction of sp³-hybridized carbons (Fsp3) is 0.100. The van der Waals surface area contributed by atoms with E-state index in [0.717, 1.165) is 0 Å². The summed E-state index contributed by atoms with van der Waals surface area (Å²) in [5, 5.41) is 0.218. The average Bonchev–Trinajstić information content (AvgIpc) is 2.70. The van der Waals surface area contributed by atoms with Crippen molar-refractivity contribution in [3.05, 3.63) is 29.7 Å². The highest BCUT2D eigenvalue weighted by Gasteiger charge is 2.13. The van der Waals surface area contributed by atoms with Gasteiger partial charge in [0.25, 0.3) is 5.89 Å². The maximum absolute atomic E-state index is 11.5. The molecule has 1 aromatic carbocycles. The molecule has 76 valence electrons. The molecule has 0 spiro atoms. The van der Waals surface area contributed by atoms with Gasteiger partial charge >= 0.3 is 0 Å². The Balaban J connectivity index is 2.69. The lowest BCUT2D eigenvalue weighted by molar-refractivity contribution is 0.102. The fourth-order valence-corrected chi connectivity index (χ4v) is 1.62. The van der Waals surface area contributed by atoms with Crippen LogP contribution in [0.15, 0.2) is 22.6 Å². The highest BCUT2D eigenvalue weighted by Crippen LogP contribution is 2.19. The van der Waals surface area contributed by atoms with Gasteiger partial charge in [0.05, 0.1) is 5.33 Å². The SMILES string of the molecule is O=Cc1nc2c(C(=O)CBr)cccc2o1. The summed E-state index contributed by atoms with van der Waals surface area (Å²) < 4.78 is 5.11. The van der Waals surface area contributed by atoms with E-state index in [9.17, 15) is 9.59 Å². The average molecular weight is 268 g/mol. The highest BCUT2D eigenvalue weighted by molar-refractivity contribution is 9.09. The first-order valence-corrected chi connectivity index (χ1v) is 5.32. The Bertz CT molecular complexity index is 532. The molecule has 0 atom stereocenters. The third-order valence-corrected chi connectivity index (χ3v) is 2.47. The van der Waals surface area contributed by atoms with E-state index in [0.29, 0.717) is 22.9 Å². The molecule has 0 N–H and O–H groups in total. The Morgan fingerprint density at radius 1 is 1.53 bits per heavy atom. The van der Waals surface area contributed by atoms with Crippen molar-refractivity contribution in [2.24, 2.45) is 0 Å². The summed E-state index contributed by atoms with van der Waals surface area (Å²) >= 11 is 3.08. The second-order valence-electron chi connectivity index (χ2n) is 2.88. The van der Waals surface area contributed by atoms with Crippen LogP contribution < -0.4 is 0 Å². The first-order valence-electron chi connectivity index (χ1n) is 4.20. The molecule has 1 aromatic heterocycles. The van der Waals surface area contributed by atoms with Crippen LogP contribution in [0.4, 0.5) is 0 Å². The van der Waals surface area contributed by atoms with Crippen molar-refractivity contribution in [3.8, 4) is 0 Å². The molecular formula is C10H6BrNO3. The molecule has 0 amide bonds. The lowest BCUT2D eigenvalue weighted by Crippen LogP contribution is -2.00. The summed E-state index contributed by atoms with van der Waals surface area (Å²) in [5.41, 5.74) is 1.34. The molecule has 0 unspecified atom stereocenters. The molecular weight excluding hydrogens is 262 g/mol. The summed E-state index contributed by atoms with van der Waals surface area (Å²) in [4.78, 5) is 25.9. The van der Waals surface area contributed by atoms with Crippen molar-refractivity contribution in [3.63, 3.8) is 0 Å². The predicted octanol–water partition coefficient (Wildman–Crippen LogP) is 2.22. The minimum Gasteiger partial charge on any atom is -0.434 e. The number of aldehydes is 1. The largest absolute Gasteiger partial charge is 0.434 e. The van der Waals surface area contributed by atoms with Gasteiger partial charge in [0, 0.05) is 5.56 Å². The van der Waals surface area contributed by atoms with Crippen LogP contribution in [-0.2, 0) is 0 Å². The van der Waals surface area contributed by atoms with Crippen LogP contribution in [0.25, 0.3) is 11.1 Å². The van der Waals surface area contributed by atoms with E-state index in [2.05, 4.69) is 20.9 Å². The van der Waals surface area contributed by atoms with Gasteiger partial charge in [-0.15, -0.1) is 0 Å². The Morgan fingerprint density at radius 2 is 2.33 bits per heavy atom. The van der Waals surface area contributed by atoms with Gasteiger partial charge in [0.2, 0.25) is 6.29 Å². The van der Waals surface area contributed by atoms with E-state index in [1.165, 1.54) is 0 Å². The fourth-order valence-electron chi connectivity index (χ4n) is 1.31. The van der Waals surface area contributed by atoms with Gasteiger partial charge in [-0.3, -0.25) is 9.59 Å². The lowest BCUT2D eigenvalue weighted by Gasteiger charge is -1.95. The van der Waals surface area contributed by atoms with Crippen LogP contribution in [0, 0.1) is 0 Å². The molecule has 4 nitrogen and oxygen atoms in total. The molecule has 0 aliphatic carbocycles. The van der Waals surface area contributed by atoms with Crippen LogP contribution >= 0.6 is 15.9 Å². The van der Waals surface area contributed by atoms with Gasteiger partial charge < -0.3 is 4.42 Å². The second kappa shape index (κ2) is 3.94. The molecule has 0 radical (unpaired) electrons. The summed E-state index contributed by atoms with van der Waals surface area (Å²) in [6.07, 6.45) is 0.516. The van der Waals surface area contributed by atoms with Crippen LogP contribution in [0.5, 0.6) is 0 Å². The Hall–Kier alpha value is -1.49. The van der Waals surface area contributed by atoms with Gasteiger partial charge in [-0.25, -0.2) is 4.98 Å². The van der Waals surface area contributed by atoms with E-state index in [1.807, 2.05) is 0 Å². The van der Waals surface area contributed by atoms with Crippen molar-refractivity contribution in [2.45, 2.75) is 0 Å². The van der Waals surface area contributed by atoms with Crippen molar-refractivity contribution < 1.29 is 14.0 Å². The number of oxazole rings is 1. The minimum absolute atomic E-state index is 0.0141. The number of hydrogen-bond acceptors (Lipinski definition) is 4. The number of aromatic nitrogens is 1. The van der Waals surface area contributed by atoms with E-state index >= 15 is 0 Å². The molecule has 0 fully saturated rings. The molecule has 5 heteroatoms. The summed E-state index contributed by atoms with van der Waals surface area (Å²) in [6, 6.07) is 5.02. The van der Waals surface area contributed by atoms with Crippen LogP contribution in [0.2, 0.25) is 0 Å². The van der Waals surface area contributed by atoms with Gasteiger partial charge in [-0.2, -0.15) is 0 Å². The van der Waals surface area contributed by atoms with E-state index in [4.69, 9.17) is 4.42 Å².